The Morgan fingerprint density at radius 1 is 1.21 bits per heavy atom. The molecule has 1 aromatic heterocycles. The summed E-state index contributed by atoms with van der Waals surface area (Å²) in [6, 6.07) is 3.64. The zero-order valence-electron chi connectivity index (χ0n) is 17.9. The lowest BCUT2D eigenvalue weighted by Gasteiger charge is -2.27. The summed E-state index contributed by atoms with van der Waals surface area (Å²) in [6.45, 7) is 11.9. The third-order valence-corrected chi connectivity index (χ3v) is 6.68. The van der Waals surface area contributed by atoms with E-state index in [1.807, 2.05) is 33.8 Å². The highest BCUT2D eigenvalue weighted by Gasteiger charge is 2.37. The van der Waals surface area contributed by atoms with Gasteiger partial charge in [0.2, 0.25) is 0 Å². The molecule has 1 aromatic carbocycles. The predicted molar refractivity (Wildman–Crippen MR) is 115 cm³/mol. The maximum atomic E-state index is 13.7. The summed E-state index contributed by atoms with van der Waals surface area (Å²) < 4.78 is 24.9. The van der Waals surface area contributed by atoms with Gasteiger partial charge in [-0.25, -0.2) is 9.98 Å². The van der Waals surface area contributed by atoms with E-state index in [1.54, 1.807) is 26.1 Å². The maximum absolute atomic E-state index is 13.7. The van der Waals surface area contributed by atoms with Gasteiger partial charge in [-0.3, -0.25) is 9.55 Å². The highest BCUT2D eigenvalue weighted by atomic mass is 31.2. The first kappa shape index (κ1) is 23.2. The summed E-state index contributed by atoms with van der Waals surface area (Å²) in [5.41, 5.74) is 1.07. The Morgan fingerprint density at radius 2 is 1.86 bits per heavy atom. The van der Waals surface area contributed by atoms with Gasteiger partial charge >= 0.3 is 7.60 Å². The number of aromatic nitrogens is 2. The number of aromatic hydroxyl groups is 1. The average molecular weight is 419 g/mol. The first-order valence-corrected chi connectivity index (χ1v) is 11.3. The second-order valence-electron chi connectivity index (χ2n) is 7.65. The molecule has 1 heterocycles. The van der Waals surface area contributed by atoms with Gasteiger partial charge in [0.1, 0.15) is 11.4 Å². The van der Waals surface area contributed by atoms with Gasteiger partial charge in [0, 0.05) is 18.6 Å². The molecule has 8 heteroatoms. The van der Waals surface area contributed by atoms with Crippen LogP contribution in [0.3, 0.4) is 0 Å². The topological polar surface area (TPSA) is 93.9 Å². The van der Waals surface area contributed by atoms with Gasteiger partial charge in [0.25, 0.3) is 0 Å². The highest BCUT2D eigenvalue weighted by molar-refractivity contribution is 7.55. The van der Waals surface area contributed by atoms with Crippen molar-refractivity contribution in [1.29, 1.82) is 0 Å². The molecule has 1 atom stereocenters. The van der Waals surface area contributed by atoms with Crippen molar-refractivity contribution < 1.29 is 18.7 Å². The smallest absolute Gasteiger partial charge is 0.343 e. The van der Waals surface area contributed by atoms with Gasteiger partial charge in [-0.05, 0) is 42.9 Å². The number of rotatable bonds is 8. The van der Waals surface area contributed by atoms with E-state index >= 15 is 0 Å². The number of nitrogens with zero attached hydrogens (tertiary/aromatic N) is 3. The van der Waals surface area contributed by atoms with Crippen LogP contribution in [-0.4, -0.2) is 34.5 Å². The van der Waals surface area contributed by atoms with Crippen LogP contribution in [0, 0.1) is 6.92 Å². The van der Waals surface area contributed by atoms with Crippen molar-refractivity contribution in [3.05, 3.63) is 47.4 Å². The van der Waals surface area contributed by atoms with Gasteiger partial charge in [0.05, 0.1) is 19.4 Å². The Balaban J connectivity index is 2.65. The Labute approximate surface area is 172 Å². The molecule has 0 radical (unpaired) electrons. The number of benzene rings is 1. The van der Waals surface area contributed by atoms with Crippen LogP contribution in [0.5, 0.6) is 5.75 Å². The Hall–Kier alpha value is -2.08. The number of hydrogen-bond donors (Lipinski definition) is 1. The van der Waals surface area contributed by atoms with E-state index in [0.717, 1.165) is 5.56 Å². The molecule has 0 amide bonds. The minimum Gasteiger partial charge on any atom is -0.507 e. The van der Waals surface area contributed by atoms with Gasteiger partial charge < -0.3 is 14.2 Å². The second-order valence-corrected chi connectivity index (χ2v) is 9.80. The first-order valence-electron chi connectivity index (χ1n) is 9.65. The summed E-state index contributed by atoms with van der Waals surface area (Å²) in [4.78, 5) is 12.5. The van der Waals surface area contributed by atoms with E-state index in [-0.39, 0.29) is 24.4 Å². The fourth-order valence-corrected chi connectivity index (χ4v) is 4.82. The van der Waals surface area contributed by atoms with Crippen molar-refractivity contribution in [2.75, 3.05) is 13.2 Å². The number of aryl methyl sites for hydroxylation is 1. The second kappa shape index (κ2) is 9.61. The fraction of sp³-hybridized carbons (Fsp3) is 0.476. The predicted octanol–water partition coefficient (Wildman–Crippen LogP) is 5.50. The van der Waals surface area contributed by atoms with Crippen LogP contribution < -0.4 is 0 Å². The number of phenols is 1. The van der Waals surface area contributed by atoms with E-state index in [0.29, 0.717) is 16.9 Å². The summed E-state index contributed by atoms with van der Waals surface area (Å²) in [7, 11) is -3.57. The Morgan fingerprint density at radius 3 is 2.38 bits per heavy atom. The molecule has 2 aromatic rings. The molecule has 0 fully saturated rings. The van der Waals surface area contributed by atoms with E-state index < -0.39 is 13.3 Å². The van der Waals surface area contributed by atoms with Crippen molar-refractivity contribution in [2.45, 2.75) is 52.6 Å². The van der Waals surface area contributed by atoms with Crippen molar-refractivity contribution in [3.8, 4) is 5.75 Å². The summed E-state index contributed by atoms with van der Waals surface area (Å²) in [5, 5.41) is 10.6. The van der Waals surface area contributed by atoms with E-state index in [2.05, 4.69) is 15.0 Å². The molecule has 7 nitrogen and oxygen atoms in total. The van der Waals surface area contributed by atoms with Crippen molar-refractivity contribution in [2.24, 2.45) is 4.99 Å². The van der Waals surface area contributed by atoms with Gasteiger partial charge in [-0.1, -0.05) is 32.9 Å². The molecule has 0 aliphatic heterocycles. The monoisotopic (exact) mass is 419 g/mol. The molecule has 0 bridgehead atoms. The Kier molecular flexibility index (Phi) is 7.69. The molecular weight excluding hydrogens is 389 g/mol. The molecule has 0 saturated carbocycles. The minimum atomic E-state index is -3.57. The van der Waals surface area contributed by atoms with Crippen LogP contribution >= 0.6 is 7.60 Å². The quantitative estimate of drug-likeness (QED) is 0.449. The first-order chi connectivity index (χ1) is 13.6. The third kappa shape index (κ3) is 5.72. The average Bonchev–Trinajstić information content (AvgIpc) is 2.64. The standard InChI is InChI=1S/C21H30N3O4P/c1-7-27-29(26,28-8-2)18(13-24-19-14-22-9-10-23-19)16-11-15(3)20(25)17(12-16)21(4,5)6/h9-14,18,25H,7-8H2,1-6H3. The minimum absolute atomic E-state index is 0.230. The molecule has 0 saturated heterocycles. The normalized spacial score (nSPS) is 13.7. The fourth-order valence-electron chi connectivity index (χ4n) is 2.96. The van der Waals surface area contributed by atoms with Gasteiger partial charge in [-0.2, -0.15) is 0 Å². The molecular formula is C21H30N3O4P. The molecule has 2 rings (SSSR count). The largest absolute Gasteiger partial charge is 0.507 e. The lowest BCUT2D eigenvalue weighted by atomic mass is 9.84. The molecule has 158 valence electrons. The zero-order valence-corrected chi connectivity index (χ0v) is 18.8. The van der Waals surface area contributed by atoms with Crippen LogP contribution in [0.4, 0.5) is 5.82 Å². The van der Waals surface area contributed by atoms with E-state index in [1.165, 1.54) is 18.6 Å². The summed E-state index contributed by atoms with van der Waals surface area (Å²) in [6.07, 6.45) is 6.15. The molecule has 1 N–H and O–H groups in total. The number of phenolic OH excluding ortho intramolecular Hbond substituents is 1. The summed E-state index contributed by atoms with van der Waals surface area (Å²) >= 11 is 0. The SMILES string of the molecule is CCOP(=O)(OCC)C(C=Nc1cnccn1)c1cc(C)c(O)c(C(C)(C)C)c1. The molecule has 1 unspecified atom stereocenters. The highest BCUT2D eigenvalue weighted by Crippen LogP contribution is 2.60. The molecule has 0 aliphatic carbocycles. The molecule has 0 spiro atoms. The molecule has 0 aliphatic rings. The number of aliphatic imine (C=N–C) groups is 1. The van der Waals surface area contributed by atoms with Crippen LogP contribution in [0.25, 0.3) is 0 Å². The van der Waals surface area contributed by atoms with Crippen LogP contribution in [0.15, 0.2) is 35.7 Å². The molecule has 29 heavy (non-hydrogen) atoms. The lowest BCUT2D eigenvalue weighted by Crippen LogP contribution is -2.15. The van der Waals surface area contributed by atoms with Gasteiger partial charge in [0.15, 0.2) is 5.82 Å². The van der Waals surface area contributed by atoms with E-state index in [9.17, 15) is 9.67 Å². The van der Waals surface area contributed by atoms with Crippen LogP contribution in [0.1, 0.15) is 57.0 Å². The Bertz CT molecular complexity index is 885. The van der Waals surface area contributed by atoms with Crippen molar-refractivity contribution in [1.82, 2.24) is 9.97 Å². The lowest BCUT2D eigenvalue weighted by molar-refractivity contribution is 0.217. The van der Waals surface area contributed by atoms with E-state index in [4.69, 9.17) is 9.05 Å². The van der Waals surface area contributed by atoms with Crippen LogP contribution in [0.2, 0.25) is 0 Å². The maximum Gasteiger partial charge on any atom is 0.343 e. The van der Waals surface area contributed by atoms with Crippen molar-refractivity contribution >= 4 is 19.6 Å². The zero-order chi connectivity index (χ0) is 21.7. The van der Waals surface area contributed by atoms with Crippen molar-refractivity contribution in [3.63, 3.8) is 0 Å². The van der Waals surface area contributed by atoms with Crippen LogP contribution in [-0.2, 0) is 19.0 Å². The summed E-state index contributed by atoms with van der Waals surface area (Å²) in [5.74, 6) is 0.622. The third-order valence-electron chi connectivity index (χ3n) is 4.33. The number of hydrogen-bond acceptors (Lipinski definition) is 7. The van der Waals surface area contributed by atoms with Gasteiger partial charge in [-0.15, -0.1) is 0 Å².